The van der Waals surface area contributed by atoms with E-state index in [2.05, 4.69) is 0 Å². The number of benzene rings is 2. The highest BCUT2D eigenvalue weighted by Gasteiger charge is 2.45. The quantitative estimate of drug-likeness (QED) is 0.790. The molecule has 0 radical (unpaired) electrons. The van der Waals surface area contributed by atoms with Crippen LogP contribution >= 0.6 is 0 Å². The largest absolute Gasteiger partial charge is 0.486 e. The smallest absolute Gasteiger partial charge is 0.243 e. The lowest BCUT2D eigenvalue weighted by Gasteiger charge is -2.43. The van der Waals surface area contributed by atoms with E-state index in [1.165, 1.54) is 16.4 Å². The summed E-state index contributed by atoms with van der Waals surface area (Å²) in [4.78, 5) is 12.7. The number of fused-ring (bicyclic) bond motifs is 1. The van der Waals surface area contributed by atoms with Crippen LogP contribution in [0.1, 0.15) is 35.2 Å². The molecule has 0 atom stereocenters. The molecule has 5 nitrogen and oxygen atoms in total. The normalized spacial score (nSPS) is 19.6. The number of hydrogen-bond acceptors (Lipinski definition) is 4. The zero-order valence-corrected chi connectivity index (χ0v) is 15.8. The topological polar surface area (TPSA) is 63.7 Å². The van der Waals surface area contributed by atoms with Gasteiger partial charge in [-0.15, -0.1) is 0 Å². The number of nitrogens with zero attached hydrogens (tertiary/aromatic N) is 1. The van der Waals surface area contributed by atoms with Crippen LogP contribution in [0.5, 0.6) is 5.75 Å². The molecule has 1 saturated heterocycles. The van der Waals surface area contributed by atoms with Crippen molar-refractivity contribution in [3.8, 4) is 5.75 Å². The summed E-state index contributed by atoms with van der Waals surface area (Å²) < 4.78 is 46.2. The number of ether oxygens (including phenoxy) is 1. The minimum absolute atomic E-state index is 0.0368. The Morgan fingerprint density at radius 3 is 2.41 bits per heavy atom. The van der Waals surface area contributed by atoms with Gasteiger partial charge in [-0.25, -0.2) is 12.8 Å². The summed E-state index contributed by atoms with van der Waals surface area (Å²) in [5, 5.41) is 0. The van der Waals surface area contributed by atoms with E-state index in [4.69, 9.17) is 4.74 Å². The van der Waals surface area contributed by atoms with E-state index in [0.717, 1.165) is 17.7 Å². The third kappa shape index (κ3) is 3.26. The zero-order valence-electron chi connectivity index (χ0n) is 14.9. The van der Waals surface area contributed by atoms with E-state index in [1.807, 2.05) is 25.1 Å². The van der Waals surface area contributed by atoms with E-state index < -0.39 is 21.4 Å². The summed E-state index contributed by atoms with van der Waals surface area (Å²) in [6.07, 6.45) is 1.13. The van der Waals surface area contributed by atoms with Crippen LogP contribution in [0.15, 0.2) is 47.4 Å². The summed E-state index contributed by atoms with van der Waals surface area (Å²) in [5.74, 6) is 0.135. The molecule has 2 aromatic carbocycles. The first-order valence-electron chi connectivity index (χ1n) is 8.88. The first kappa shape index (κ1) is 18.1. The van der Waals surface area contributed by atoms with Crippen molar-refractivity contribution in [2.24, 2.45) is 0 Å². The Kier molecular flexibility index (Phi) is 4.31. The molecule has 2 aromatic rings. The van der Waals surface area contributed by atoms with E-state index in [0.29, 0.717) is 24.2 Å². The van der Waals surface area contributed by atoms with Crippen molar-refractivity contribution in [3.05, 3.63) is 59.4 Å². The van der Waals surface area contributed by atoms with Crippen LogP contribution in [0, 0.1) is 12.7 Å². The molecule has 0 unspecified atom stereocenters. The van der Waals surface area contributed by atoms with Crippen LogP contribution in [-0.4, -0.2) is 37.2 Å². The molecule has 0 aliphatic carbocycles. The number of aryl methyl sites for hydroxylation is 1. The van der Waals surface area contributed by atoms with Gasteiger partial charge in [-0.2, -0.15) is 4.31 Å². The van der Waals surface area contributed by atoms with Crippen molar-refractivity contribution in [1.82, 2.24) is 4.31 Å². The fourth-order valence-corrected chi connectivity index (χ4v) is 5.22. The fraction of sp³-hybridized carbons (Fsp3) is 0.350. The van der Waals surface area contributed by atoms with Gasteiger partial charge < -0.3 is 4.74 Å². The summed E-state index contributed by atoms with van der Waals surface area (Å²) in [6.45, 7) is 2.44. The molecule has 2 aliphatic rings. The standard InChI is InChI=1S/C20H20FNO4S/c1-14-2-7-19-17(12-14)18(23)13-20(26-19)8-10-22(11-9-20)27(24,25)16-5-3-15(21)4-6-16/h2-7,12H,8-11,13H2,1H3. The lowest BCUT2D eigenvalue weighted by molar-refractivity contribution is 0.00589. The van der Waals surface area contributed by atoms with E-state index in [9.17, 15) is 17.6 Å². The molecular formula is C20H20FNO4S. The minimum Gasteiger partial charge on any atom is -0.486 e. The van der Waals surface area contributed by atoms with Crippen LogP contribution < -0.4 is 4.74 Å². The highest BCUT2D eigenvalue weighted by molar-refractivity contribution is 7.89. The van der Waals surface area contributed by atoms with Gasteiger partial charge in [-0.1, -0.05) is 11.6 Å². The van der Waals surface area contributed by atoms with Gasteiger partial charge in [-0.3, -0.25) is 4.79 Å². The van der Waals surface area contributed by atoms with Gasteiger partial charge in [0.15, 0.2) is 5.78 Å². The number of rotatable bonds is 2. The second kappa shape index (κ2) is 6.42. The number of ketones is 1. The van der Waals surface area contributed by atoms with Crippen molar-refractivity contribution < 1.29 is 22.3 Å². The molecule has 0 aromatic heterocycles. The molecule has 0 amide bonds. The maximum Gasteiger partial charge on any atom is 0.243 e. The second-order valence-corrected chi connectivity index (χ2v) is 9.18. The van der Waals surface area contributed by atoms with Gasteiger partial charge >= 0.3 is 0 Å². The molecule has 7 heteroatoms. The van der Waals surface area contributed by atoms with Gasteiger partial charge in [0.25, 0.3) is 0 Å². The molecule has 27 heavy (non-hydrogen) atoms. The predicted octanol–water partition coefficient (Wildman–Crippen LogP) is 3.32. The summed E-state index contributed by atoms with van der Waals surface area (Å²) in [7, 11) is -3.69. The van der Waals surface area contributed by atoms with E-state index >= 15 is 0 Å². The van der Waals surface area contributed by atoms with E-state index in [1.54, 1.807) is 0 Å². The minimum atomic E-state index is -3.69. The molecule has 142 valence electrons. The predicted molar refractivity (Wildman–Crippen MR) is 97.9 cm³/mol. The molecule has 2 aliphatic heterocycles. The number of carbonyl (C=O) groups is 1. The van der Waals surface area contributed by atoms with Crippen LogP contribution in [0.25, 0.3) is 0 Å². The third-order valence-electron chi connectivity index (χ3n) is 5.33. The van der Waals surface area contributed by atoms with Crippen LogP contribution in [0.3, 0.4) is 0 Å². The van der Waals surface area contributed by atoms with Gasteiger partial charge in [-0.05, 0) is 43.3 Å². The number of carbonyl (C=O) groups excluding carboxylic acids is 1. The molecule has 0 bridgehead atoms. The van der Waals surface area contributed by atoms with Gasteiger partial charge in [0.1, 0.15) is 17.2 Å². The Hall–Kier alpha value is -2.25. The molecule has 4 rings (SSSR count). The van der Waals surface area contributed by atoms with Crippen LogP contribution in [0.2, 0.25) is 0 Å². The number of sulfonamides is 1. The highest BCUT2D eigenvalue weighted by atomic mass is 32.2. The number of piperidine rings is 1. The average Bonchev–Trinajstić information content (AvgIpc) is 2.63. The lowest BCUT2D eigenvalue weighted by atomic mass is 9.83. The van der Waals surface area contributed by atoms with Crippen molar-refractivity contribution in [3.63, 3.8) is 0 Å². The second-order valence-electron chi connectivity index (χ2n) is 7.24. The van der Waals surface area contributed by atoms with Gasteiger partial charge in [0.2, 0.25) is 10.0 Å². The molecule has 2 heterocycles. The fourth-order valence-electron chi connectivity index (χ4n) is 3.78. The lowest BCUT2D eigenvalue weighted by Crippen LogP contribution is -2.52. The van der Waals surface area contributed by atoms with Crippen LogP contribution in [0.4, 0.5) is 4.39 Å². The van der Waals surface area contributed by atoms with Gasteiger partial charge in [0.05, 0.1) is 16.9 Å². The maximum atomic E-state index is 13.1. The molecule has 0 N–H and O–H groups in total. The third-order valence-corrected chi connectivity index (χ3v) is 7.24. The van der Waals surface area contributed by atoms with Gasteiger partial charge in [0, 0.05) is 25.9 Å². The van der Waals surface area contributed by atoms with Crippen LogP contribution in [-0.2, 0) is 10.0 Å². The summed E-state index contributed by atoms with van der Waals surface area (Å²) >= 11 is 0. The molecular weight excluding hydrogens is 369 g/mol. The number of hydrogen-bond donors (Lipinski definition) is 0. The average molecular weight is 389 g/mol. The molecule has 0 saturated carbocycles. The Morgan fingerprint density at radius 2 is 1.74 bits per heavy atom. The van der Waals surface area contributed by atoms with E-state index in [-0.39, 0.29) is 30.2 Å². The summed E-state index contributed by atoms with van der Waals surface area (Å²) in [5.41, 5.74) is 0.942. The van der Waals surface area contributed by atoms with Crippen molar-refractivity contribution >= 4 is 15.8 Å². The first-order chi connectivity index (χ1) is 12.8. The Morgan fingerprint density at radius 1 is 1.07 bits per heavy atom. The monoisotopic (exact) mass is 389 g/mol. The Balaban J connectivity index is 1.53. The summed E-state index contributed by atoms with van der Waals surface area (Å²) in [6, 6.07) is 10.4. The molecule has 1 fully saturated rings. The first-order valence-corrected chi connectivity index (χ1v) is 10.3. The van der Waals surface area contributed by atoms with Crippen molar-refractivity contribution in [1.29, 1.82) is 0 Å². The SMILES string of the molecule is Cc1ccc2c(c1)C(=O)CC1(CCN(S(=O)(=O)c3ccc(F)cc3)CC1)O2. The molecule has 1 spiro atoms. The zero-order chi connectivity index (χ0) is 19.2. The van der Waals surface area contributed by atoms with Crippen molar-refractivity contribution in [2.75, 3.05) is 13.1 Å². The maximum absolute atomic E-state index is 13.1. The number of halogens is 1. The number of Topliss-reactive ketones (excluding diaryl/α,β-unsaturated/α-hetero) is 1. The Bertz CT molecular complexity index is 993. The highest BCUT2D eigenvalue weighted by Crippen LogP contribution is 2.40. The Labute approximate surface area is 157 Å². The van der Waals surface area contributed by atoms with Crippen molar-refractivity contribution in [2.45, 2.75) is 36.7 Å².